The number of benzene rings is 1. The highest BCUT2D eigenvalue weighted by molar-refractivity contribution is 14.2. The molecule has 1 heterocycles. The van der Waals surface area contributed by atoms with E-state index in [9.17, 15) is 19.3 Å². The summed E-state index contributed by atoms with van der Waals surface area (Å²) in [6, 6.07) is 2.72. The lowest BCUT2D eigenvalue weighted by Crippen LogP contribution is -2.30. The molecular weight excluding hydrogens is 368 g/mol. The zero-order valence-corrected chi connectivity index (χ0v) is 11.5. The van der Waals surface area contributed by atoms with Crippen LogP contribution in [0.25, 0.3) is 0 Å². The van der Waals surface area contributed by atoms with Crippen molar-refractivity contribution in [1.82, 2.24) is 5.32 Å². The molecule has 0 fully saturated rings. The van der Waals surface area contributed by atoms with Crippen molar-refractivity contribution in [3.8, 4) is 0 Å². The molecule has 1 N–H and O–H groups in total. The Labute approximate surface area is 116 Å². The molecular formula is C11H7FIN3O3. The molecule has 6 nitrogen and oxygen atoms in total. The summed E-state index contributed by atoms with van der Waals surface area (Å²) < 4.78 is 16.7. The molecule has 1 amide bonds. The third kappa shape index (κ3) is 3.28. The van der Waals surface area contributed by atoms with Gasteiger partial charge in [0.05, 0.1) is 9.06 Å². The summed E-state index contributed by atoms with van der Waals surface area (Å²) in [6.45, 7) is 0. The van der Waals surface area contributed by atoms with Gasteiger partial charge in [0.2, 0.25) is 0 Å². The number of hydrogen-bond acceptors (Lipinski definition) is 4. The van der Waals surface area contributed by atoms with Crippen LogP contribution < -0.4 is 5.32 Å². The van der Waals surface area contributed by atoms with Gasteiger partial charge in [0.1, 0.15) is 17.2 Å². The van der Waals surface area contributed by atoms with E-state index in [0.717, 1.165) is 18.2 Å². The molecule has 0 saturated carbocycles. The molecule has 1 aliphatic rings. The second kappa shape index (κ2) is 5.78. The Bertz CT molecular complexity index is 640. The number of nitro groups is 1. The van der Waals surface area contributed by atoms with E-state index in [0.29, 0.717) is 0 Å². The zero-order chi connectivity index (χ0) is 13.8. The number of carbonyl (C=O) groups is 1. The molecule has 0 aromatic heterocycles. The van der Waals surface area contributed by atoms with Crippen molar-refractivity contribution >= 4 is 42.3 Å². The van der Waals surface area contributed by atoms with Gasteiger partial charge in [-0.3, -0.25) is 14.9 Å². The van der Waals surface area contributed by atoms with Crippen molar-refractivity contribution < 1.29 is 14.1 Å². The van der Waals surface area contributed by atoms with Gasteiger partial charge in [-0.1, -0.05) is 20.7 Å². The molecule has 1 aromatic rings. The van der Waals surface area contributed by atoms with Crippen molar-refractivity contribution in [3.05, 3.63) is 49.9 Å². The van der Waals surface area contributed by atoms with Crippen LogP contribution in [0.5, 0.6) is 0 Å². The van der Waals surface area contributed by atoms with Gasteiger partial charge in [0.25, 0.3) is 11.6 Å². The molecule has 0 radical (unpaired) electrons. The molecule has 1 aromatic carbocycles. The van der Waals surface area contributed by atoms with Crippen LogP contribution in [-0.2, 0) is 0 Å². The van der Waals surface area contributed by atoms with E-state index >= 15 is 0 Å². The fraction of sp³-hybridized carbons (Fsp3) is 0. The Hall–Kier alpha value is -1.97. The van der Waals surface area contributed by atoms with Gasteiger partial charge < -0.3 is 5.32 Å². The normalized spacial score (nSPS) is 13.4. The maximum Gasteiger partial charge on any atom is 0.282 e. The molecule has 8 heteroatoms. The number of rotatable bonds is 2. The largest absolute Gasteiger partial charge is 0.306 e. The minimum absolute atomic E-state index is 0.228. The van der Waals surface area contributed by atoms with Crippen LogP contribution in [0, 0.1) is 15.9 Å². The maximum absolute atomic E-state index is 13.1. The first-order chi connectivity index (χ1) is 9.08. The van der Waals surface area contributed by atoms with E-state index < -0.39 is 22.3 Å². The number of halogens is 2. The van der Waals surface area contributed by atoms with Gasteiger partial charge in [0, 0.05) is 6.07 Å². The third-order valence-corrected chi connectivity index (χ3v) is 3.55. The van der Waals surface area contributed by atoms with E-state index in [2.05, 4.69) is 10.3 Å². The summed E-state index contributed by atoms with van der Waals surface area (Å²) in [5.74, 6) is -1.19. The highest BCUT2D eigenvalue weighted by Crippen LogP contribution is 2.19. The Morgan fingerprint density at radius 3 is 2.89 bits per heavy atom. The highest BCUT2D eigenvalue weighted by Gasteiger charge is 2.21. The van der Waals surface area contributed by atoms with Crippen LogP contribution in [0.4, 0.5) is 10.1 Å². The molecule has 0 spiro atoms. The van der Waals surface area contributed by atoms with Crippen molar-refractivity contribution in [2.24, 2.45) is 4.99 Å². The first-order valence-corrected chi connectivity index (χ1v) is 7.50. The highest BCUT2D eigenvalue weighted by atomic mass is 127. The second-order valence-corrected chi connectivity index (χ2v) is 5.40. The summed E-state index contributed by atoms with van der Waals surface area (Å²) in [5, 5.41) is 13.2. The van der Waals surface area contributed by atoms with E-state index in [1.165, 1.54) is 0 Å². The van der Waals surface area contributed by atoms with Gasteiger partial charge >= 0.3 is 0 Å². The molecule has 0 atom stereocenters. The van der Waals surface area contributed by atoms with Crippen LogP contribution in [0.1, 0.15) is 10.4 Å². The fourth-order valence-corrected chi connectivity index (χ4v) is 2.55. The van der Waals surface area contributed by atoms with Crippen LogP contribution in [0.2, 0.25) is 0 Å². The molecule has 98 valence electrons. The number of nitro benzene ring substituents is 1. The molecule has 0 saturated heterocycles. The molecule has 2 rings (SSSR count). The Morgan fingerprint density at radius 1 is 1.47 bits per heavy atom. The standard InChI is InChI=1S/C11H7FIN3O3/c12-7-1-2-9(16(18)19)8(5-7)11(17)15-10-3-4-13-6-14-10/h1-6H,(H,14,15,17). The SMILES string of the molecule is O=C(NC1=NC=IC=C1)c1cc(F)ccc1[N+](=O)[O-]. The number of nitrogens with zero attached hydrogens (tertiary/aromatic N) is 2. The molecule has 0 unspecified atom stereocenters. The van der Waals surface area contributed by atoms with Crippen LogP contribution in [0.15, 0.2) is 33.4 Å². The summed E-state index contributed by atoms with van der Waals surface area (Å²) >= 11 is -0.228. The van der Waals surface area contributed by atoms with Gasteiger partial charge in [0.15, 0.2) is 0 Å². The van der Waals surface area contributed by atoms with Crippen molar-refractivity contribution in [3.63, 3.8) is 0 Å². The monoisotopic (exact) mass is 375 g/mol. The van der Waals surface area contributed by atoms with Crippen molar-refractivity contribution in [2.45, 2.75) is 0 Å². The second-order valence-electron chi connectivity index (χ2n) is 3.40. The molecule has 1 aliphatic heterocycles. The van der Waals surface area contributed by atoms with Crippen molar-refractivity contribution in [2.75, 3.05) is 0 Å². The Kier molecular flexibility index (Phi) is 4.10. The summed E-state index contributed by atoms with van der Waals surface area (Å²) in [7, 11) is 0. The quantitative estimate of drug-likeness (QED) is 0.488. The summed E-state index contributed by atoms with van der Waals surface area (Å²) in [6.07, 6.45) is 1.62. The topological polar surface area (TPSA) is 84.6 Å². The summed E-state index contributed by atoms with van der Waals surface area (Å²) in [4.78, 5) is 25.9. The molecule has 0 aliphatic carbocycles. The van der Waals surface area contributed by atoms with Gasteiger partial charge in [-0.25, -0.2) is 9.38 Å². The number of amides is 1. The van der Waals surface area contributed by atoms with Crippen LogP contribution in [-0.4, -0.2) is 20.8 Å². The predicted molar refractivity (Wildman–Crippen MR) is 77.2 cm³/mol. The minimum atomic E-state index is -0.761. The Morgan fingerprint density at radius 2 is 2.26 bits per heavy atom. The first-order valence-electron chi connectivity index (χ1n) is 5.01. The predicted octanol–water partition coefficient (Wildman–Crippen LogP) is 2.12. The first kappa shape index (κ1) is 13.5. The van der Waals surface area contributed by atoms with Crippen molar-refractivity contribution in [1.29, 1.82) is 0 Å². The third-order valence-electron chi connectivity index (χ3n) is 2.18. The summed E-state index contributed by atoms with van der Waals surface area (Å²) in [5.41, 5.74) is -0.780. The van der Waals surface area contributed by atoms with Gasteiger partial charge in [-0.05, 0) is 22.3 Å². The lowest BCUT2D eigenvalue weighted by atomic mass is 10.1. The Balaban J connectivity index is 2.30. The fourth-order valence-electron chi connectivity index (χ4n) is 1.36. The average Bonchev–Trinajstić information content (AvgIpc) is 2.39. The number of hydrogen-bond donors (Lipinski definition) is 1. The number of amidine groups is 1. The lowest BCUT2D eigenvalue weighted by Gasteiger charge is -2.06. The average molecular weight is 375 g/mol. The van der Waals surface area contributed by atoms with E-state index in [1.807, 2.05) is 4.08 Å². The zero-order valence-electron chi connectivity index (χ0n) is 9.34. The van der Waals surface area contributed by atoms with Crippen LogP contribution >= 0.6 is 20.7 Å². The van der Waals surface area contributed by atoms with Gasteiger partial charge in [-0.15, -0.1) is 0 Å². The van der Waals surface area contributed by atoms with Gasteiger partial charge in [-0.2, -0.15) is 0 Å². The number of nitrogens with one attached hydrogen (secondary N) is 1. The van der Waals surface area contributed by atoms with E-state index in [-0.39, 0.29) is 32.1 Å². The molecule has 0 bridgehead atoms. The maximum atomic E-state index is 13.1. The minimum Gasteiger partial charge on any atom is -0.306 e. The van der Waals surface area contributed by atoms with E-state index in [1.54, 1.807) is 10.2 Å². The molecule has 19 heavy (non-hydrogen) atoms. The van der Waals surface area contributed by atoms with E-state index in [4.69, 9.17) is 0 Å². The smallest absolute Gasteiger partial charge is 0.282 e. The number of aliphatic imine (C=N–C) groups is 1. The lowest BCUT2D eigenvalue weighted by molar-refractivity contribution is -0.385. The number of carbonyl (C=O) groups excluding carboxylic acids is 1. The van der Waals surface area contributed by atoms with Crippen LogP contribution in [0.3, 0.4) is 0 Å².